The maximum Gasteiger partial charge on any atom is 0.315 e. The van der Waals surface area contributed by atoms with Gasteiger partial charge in [0.25, 0.3) is 5.91 Å². The Morgan fingerprint density at radius 2 is 1.83 bits per heavy atom. The second kappa shape index (κ2) is 6.74. The fraction of sp³-hybridized carbons (Fsp3) is 0.176. The maximum atomic E-state index is 13.1. The quantitative estimate of drug-likeness (QED) is 0.779. The summed E-state index contributed by atoms with van der Waals surface area (Å²) in [6.45, 7) is 0.199. The first kappa shape index (κ1) is 16.0. The molecule has 3 aromatic rings. The minimum atomic E-state index is -3.12. The summed E-state index contributed by atoms with van der Waals surface area (Å²) in [6, 6.07) is 12.0. The van der Waals surface area contributed by atoms with Crippen LogP contribution in [0.5, 0.6) is 0 Å². The Bertz CT molecular complexity index is 846. The monoisotopic (exact) mass is 333 g/mol. The van der Waals surface area contributed by atoms with Crippen LogP contribution >= 0.6 is 0 Å². The van der Waals surface area contributed by atoms with E-state index in [1.54, 1.807) is 10.9 Å². The van der Waals surface area contributed by atoms with Crippen LogP contribution in [0, 0.1) is 5.82 Å². The predicted molar refractivity (Wildman–Crippen MR) is 83.0 cm³/mol. The van der Waals surface area contributed by atoms with Crippen molar-refractivity contribution in [1.29, 1.82) is 0 Å². The fourth-order valence-electron chi connectivity index (χ4n) is 2.52. The van der Waals surface area contributed by atoms with Gasteiger partial charge in [0.05, 0.1) is 23.4 Å². The van der Waals surface area contributed by atoms with Crippen molar-refractivity contribution >= 4 is 16.9 Å². The molecule has 0 saturated carbocycles. The summed E-state index contributed by atoms with van der Waals surface area (Å²) in [5, 5.41) is 2.30. The van der Waals surface area contributed by atoms with Gasteiger partial charge in [-0.1, -0.05) is 24.3 Å². The van der Waals surface area contributed by atoms with Crippen LogP contribution in [0.4, 0.5) is 13.2 Å². The van der Waals surface area contributed by atoms with Crippen molar-refractivity contribution in [2.45, 2.75) is 19.0 Å². The molecule has 1 unspecified atom stereocenters. The zero-order chi connectivity index (χ0) is 17.1. The van der Waals surface area contributed by atoms with Gasteiger partial charge < -0.3 is 9.88 Å². The summed E-state index contributed by atoms with van der Waals surface area (Å²) in [4.78, 5) is 15.7. The lowest BCUT2D eigenvalue weighted by Gasteiger charge is -2.20. The van der Waals surface area contributed by atoms with Crippen molar-refractivity contribution in [3.05, 3.63) is 66.2 Å². The Balaban J connectivity index is 1.91. The van der Waals surface area contributed by atoms with Crippen LogP contribution in [0.1, 0.15) is 11.6 Å². The first-order valence-corrected chi connectivity index (χ1v) is 7.28. The molecule has 1 N–H and O–H groups in total. The van der Waals surface area contributed by atoms with Gasteiger partial charge in [-0.05, 0) is 29.8 Å². The van der Waals surface area contributed by atoms with Gasteiger partial charge in [-0.15, -0.1) is 0 Å². The van der Waals surface area contributed by atoms with Crippen molar-refractivity contribution in [2.75, 3.05) is 0 Å². The molecular weight excluding hydrogens is 319 g/mol. The highest BCUT2D eigenvalue weighted by Crippen LogP contribution is 2.20. The third kappa shape index (κ3) is 3.40. The summed E-state index contributed by atoms with van der Waals surface area (Å²) < 4.78 is 40.1. The highest BCUT2D eigenvalue weighted by molar-refractivity contribution is 5.79. The normalized spacial score (nSPS) is 12.5. The Labute approximate surface area is 135 Å². The number of hydrogen-bond acceptors (Lipinski definition) is 2. The molecule has 0 bridgehead atoms. The van der Waals surface area contributed by atoms with Gasteiger partial charge in [0.2, 0.25) is 0 Å². The van der Waals surface area contributed by atoms with Gasteiger partial charge >= 0.3 is 6.43 Å². The number of aromatic nitrogens is 2. The van der Waals surface area contributed by atoms with E-state index in [1.165, 1.54) is 24.3 Å². The van der Waals surface area contributed by atoms with Crippen LogP contribution < -0.4 is 5.32 Å². The Morgan fingerprint density at radius 1 is 1.12 bits per heavy atom. The predicted octanol–water partition coefficient (Wildman–Crippen LogP) is 3.30. The largest absolute Gasteiger partial charge is 0.343 e. The van der Waals surface area contributed by atoms with Gasteiger partial charge in [0.1, 0.15) is 5.82 Å². The molecular formula is C17H14F3N3O. The van der Waals surface area contributed by atoms with E-state index in [9.17, 15) is 18.0 Å². The number of para-hydroxylation sites is 2. The van der Waals surface area contributed by atoms with Crippen molar-refractivity contribution in [3.8, 4) is 0 Å². The van der Waals surface area contributed by atoms with Crippen LogP contribution in [0.15, 0.2) is 54.9 Å². The van der Waals surface area contributed by atoms with E-state index in [4.69, 9.17) is 0 Å². The molecule has 1 atom stereocenters. The molecule has 7 heteroatoms. The van der Waals surface area contributed by atoms with Crippen LogP contribution in [-0.4, -0.2) is 21.9 Å². The number of carbonyl (C=O) groups excluding carboxylic acids is 1. The van der Waals surface area contributed by atoms with E-state index in [-0.39, 0.29) is 6.54 Å². The molecule has 0 spiro atoms. The van der Waals surface area contributed by atoms with E-state index < -0.39 is 24.2 Å². The third-order valence-electron chi connectivity index (χ3n) is 3.69. The summed E-state index contributed by atoms with van der Waals surface area (Å²) in [7, 11) is 0. The van der Waals surface area contributed by atoms with Crippen LogP contribution in [0.25, 0.3) is 11.0 Å². The highest BCUT2D eigenvalue weighted by Gasteiger charge is 2.22. The first-order valence-electron chi connectivity index (χ1n) is 7.28. The number of hydrogen-bond donors (Lipinski definition) is 1. The number of fused-ring (bicyclic) bond motifs is 1. The Morgan fingerprint density at radius 3 is 2.54 bits per heavy atom. The molecule has 0 aliphatic heterocycles. The van der Waals surface area contributed by atoms with E-state index in [0.717, 1.165) is 11.0 Å². The molecule has 0 radical (unpaired) electrons. The fourth-order valence-corrected chi connectivity index (χ4v) is 2.52. The summed E-state index contributed by atoms with van der Waals surface area (Å²) in [5.41, 5.74) is 2.11. The molecule has 24 heavy (non-hydrogen) atoms. The summed E-state index contributed by atoms with van der Waals surface area (Å²) >= 11 is 0. The molecule has 1 heterocycles. The lowest BCUT2D eigenvalue weighted by Crippen LogP contribution is -2.35. The standard InChI is InChI=1S/C17H14F3N3O/c18-12-7-5-11(6-8-12)14(22-17(24)16(19)20)9-23-10-21-13-3-1-2-4-15(13)23/h1-8,10,14,16H,9H2,(H,22,24). The van der Waals surface area contributed by atoms with Crippen LogP contribution in [0.2, 0.25) is 0 Å². The van der Waals surface area contributed by atoms with Gasteiger partial charge in [0.15, 0.2) is 0 Å². The van der Waals surface area contributed by atoms with Crippen LogP contribution in [-0.2, 0) is 11.3 Å². The Kier molecular flexibility index (Phi) is 4.50. The molecule has 0 aliphatic rings. The van der Waals surface area contributed by atoms with Gasteiger partial charge in [-0.2, -0.15) is 8.78 Å². The number of carbonyl (C=O) groups is 1. The zero-order valence-electron chi connectivity index (χ0n) is 12.5. The van der Waals surface area contributed by atoms with E-state index in [1.807, 2.05) is 24.3 Å². The molecule has 0 aliphatic carbocycles. The number of nitrogens with one attached hydrogen (secondary N) is 1. The average Bonchev–Trinajstić information content (AvgIpc) is 2.98. The number of rotatable bonds is 5. The number of amides is 1. The number of imidazole rings is 1. The first-order chi connectivity index (χ1) is 11.5. The topological polar surface area (TPSA) is 46.9 Å². The summed E-state index contributed by atoms with van der Waals surface area (Å²) in [6.07, 6.45) is -1.54. The van der Waals surface area contributed by atoms with Gasteiger partial charge in [0, 0.05) is 6.54 Å². The molecule has 4 nitrogen and oxygen atoms in total. The summed E-state index contributed by atoms with van der Waals surface area (Å²) in [5.74, 6) is -1.81. The minimum Gasteiger partial charge on any atom is -0.343 e. The zero-order valence-corrected chi connectivity index (χ0v) is 12.5. The molecule has 124 valence electrons. The molecule has 1 aromatic heterocycles. The highest BCUT2D eigenvalue weighted by atomic mass is 19.3. The molecule has 3 rings (SSSR count). The van der Waals surface area contributed by atoms with E-state index in [0.29, 0.717) is 5.56 Å². The number of halogens is 3. The second-order valence-electron chi connectivity index (χ2n) is 5.30. The minimum absolute atomic E-state index is 0.199. The molecule has 2 aromatic carbocycles. The Hall–Kier alpha value is -2.83. The smallest absolute Gasteiger partial charge is 0.315 e. The third-order valence-corrected chi connectivity index (χ3v) is 3.69. The van der Waals surface area contributed by atoms with Gasteiger partial charge in [-0.25, -0.2) is 9.37 Å². The average molecular weight is 333 g/mol. The van der Waals surface area contributed by atoms with E-state index in [2.05, 4.69) is 10.3 Å². The second-order valence-corrected chi connectivity index (χ2v) is 5.30. The molecule has 0 fully saturated rings. The maximum absolute atomic E-state index is 13.1. The van der Waals surface area contributed by atoms with Crippen molar-refractivity contribution in [2.24, 2.45) is 0 Å². The number of nitrogens with zero attached hydrogens (tertiary/aromatic N) is 2. The van der Waals surface area contributed by atoms with Crippen molar-refractivity contribution in [3.63, 3.8) is 0 Å². The van der Waals surface area contributed by atoms with Crippen molar-refractivity contribution < 1.29 is 18.0 Å². The SMILES string of the molecule is O=C(NC(Cn1cnc2ccccc21)c1ccc(F)cc1)C(F)F. The van der Waals surface area contributed by atoms with Gasteiger partial charge in [-0.3, -0.25) is 4.79 Å². The molecule has 1 amide bonds. The number of benzene rings is 2. The number of alkyl halides is 2. The van der Waals surface area contributed by atoms with Crippen LogP contribution in [0.3, 0.4) is 0 Å². The lowest BCUT2D eigenvalue weighted by molar-refractivity contribution is -0.132. The van der Waals surface area contributed by atoms with E-state index >= 15 is 0 Å². The molecule has 0 saturated heterocycles. The lowest BCUT2D eigenvalue weighted by atomic mass is 10.1. The van der Waals surface area contributed by atoms with Crippen molar-refractivity contribution in [1.82, 2.24) is 14.9 Å².